The van der Waals surface area contributed by atoms with Gasteiger partial charge in [-0.3, -0.25) is 9.59 Å². The SMILES string of the molecule is O=C(N[C@H]1CC[C@@H](C(=O)NCC(C(=O)O)C2CCC2)C1)OCC1c2ccccc2-c2ccccc21. The topological polar surface area (TPSA) is 105 Å². The summed E-state index contributed by atoms with van der Waals surface area (Å²) in [6.45, 7) is 0.439. The Morgan fingerprint density at radius 3 is 2.20 bits per heavy atom. The molecule has 2 aromatic rings. The molecule has 3 aliphatic carbocycles. The van der Waals surface area contributed by atoms with Crippen LogP contribution in [0.2, 0.25) is 0 Å². The number of carboxylic acid groups (broad SMARTS) is 1. The van der Waals surface area contributed by atoms with E-state index in [0.717, 1.165) is 19.3 Å². The number of carbonyl (C=O) groups excluding carboxylic acids is 2. The molecule has 0 heterocycles. The lowest BCUT2D eigenvalue weighted by Gasteiger charge is -2.31. The first-order valence-electron chi connectivity index (χ1n) is 12.6. The predicted octanol–water partition coefficient (Wildman–Crippen LogP) is 4.31. The molecule has 0 saturated heterocycles. The van der Waals surface area contributed by atoms with E-state index >= 15 is 0 Å². The fraction of sp³-hybridized carbons (Fsp3) is 0.464. The number of fused-ring (bicyclic) bond motifs is 3. The van der Waals surface area contributed by atoms with Crippen LogP contribution in [0.1, 0.15) is 55.6 Å². The highest BCUT2D eigenvalue weighted by molar-refractivity contribution is 5.81. The van der Waals surface area contributed by atoms with Crippen molar-refractivity contribution in [2.75, 3.05) is 13.2 Å². The molecule has 7 heteroatoms. The molecule has 2 amide bonds. The summed E-state index contributed by atoms with van der Waals surface area (Å²) in [6.07, 6.45) is 4.35. The van der Waals surface area contributed by atoms with Crippen LogP contribution in [-0.2, 0) is 14.3 Å². The molecule has 0 spiro atoms. The van der Waals surface area contributed by atoms with Gasteiger partial charge in [0.2, 0.25) is 5.91 Å². The molecular formula is C28H32N2O5. The van der Waals surface area contributed by atoms with Gasteiger partial charge >= 0.3 is 12.1 Å². The van der Waals surface area contributed by atoms with E-state index in [2.05, 4.69) is 34.9 Å². The highest BCUT2D eigenvalue weighted by atomic mass is 16.5. The molecule has 35 heavy (non-hydrogen) atoms. The minimum Gasteiger partial charge on any atom is -0.481 e. The van der Waals surface area contributed by atoms with Crippen LogP contribution >= 0.6 is 0 Å². The third kappa shape index (κ3) is 4.90. The molecule has 2 fully saturated rings. The van der Waals surface area contributed by atoms with Crippen molar-refractivity contribution >= 4 is 18.0 Å². The Balaban J connectivity index is 1.10. The van der Waals surface area contributed by atoms with Crippen molar-refractivity contribution in [1.82, 2.24) is 10.6 Å². The van der Waals surface area contributed by atoms with Crippen LogP contribution in [-0.4, -0.2) is 42.3 Å². The zero-order chi connectivity index (χ0) is 24.4. The first kappa shape index (κ1) is 23.4. The number of aliphatic carboxylic acids is 1. The zero-order valence-corrected chi connectivity index (χ0v) is 19.7. The van der Waals surface area contributed by atoms with Crippen molar-refractivity contribution in [3.8, 4) is 11.1 Å². The molecule has 3 aliphatic rings. The van der Waals surface area contributed by atoms with Gasteiger partial charge in [0, 0.05) is 24.4 Å². The summed E-state index contributed by atoms with van der Waals surface area (Å²) in [5.74, 6) is -1.51. The summed E-state index contributed by atoms with van der Waals surface area (Å²) in [5, 5.41) is 15.2. The van der Waals surface area contributed by atoms with E-state index in [1.807, 2.05) is 24.3 Å². The van der Waals surface area contributed by atoms with Gasteiger partial charge in [-0.15, -0.1) is 0 Å². The molecule has 7 nitrogen and oxygen atoms in total. The van der Waals surface area contributed by atoms with Gasteiger partial charge in [-0.1, -0.05) is 55.0 Å². The largest absolute Gasteiger partial charge is 0.481 e. The van der Waals surface area contributed by atoms with Crippen LogP contribution < -0.4 is 10.6 Å². The van der Waals surface area contributed by atoms with E-state index in [0.29, 0.717) is 19.3 Å². The molecule has 184 valence electrons. The second-order valence-corrected chi connectivity index (χ2v) is 10.1. The molecule has 2 saturated carbocycles. The molecule has 0 aliphatic heterocycles. The van der Waals surface area contributed by atoms with Gasteiger partial charge in [-0.05, 0) is 60.3 Å². The van der Waals surface area contributed by atoms with Gasteiger partial charge in [0.15, 0.2) is 0 Å². The number of benzene rings is 2. The maximum Gasteiger partial charge on any atom is 0.407 e. The third-order valence-electron chi connectivity index (χ3n) is 8.00. The number of hydrogen-bond acceptors (Lipinski definition) is 4. The van der Waals surface area contributed by atoms with Gasteiger partial charge in [0.1, 0.15) is 6.61 Å². The van der Waals surface area contributed by atoms with Gasteiger partial charge in [-0.25, -0.2) is 4.79 Å². The number of ether oxygens (including phenoxy) is 1. The Bertz CT molecular complexity index is 1070. The summed E-state index contributed by atoms with van der Waals surface area (Å²) >= 11 is 0. The minimum atomic E-state index is -0.837. The van der Waals surface area contributed by atoms with Crippen LogP contribution in [0.25, 0.3) is 11.1 Å². The summed E-state index contributed by atoms with van der Waals surface area (Å²) < 4.78 is 5.63. The number of hydrogen-bond donors (Lipinski definition) is 3. The molecule has 3 N–H and O–H groups in total. The monoisotopic (exact) mass is 476 g/mol. The molecule has 1 unspecified atom stereocenters. The van der Waals surface area contributed by atoms with Crippen LogP contribution in [0.3, 0.4) is 0 Å². The Morgan fingerprint density at radius 2 is 1.60 bits per heavy atom. The van der Waals surface area contributed by atoms with Crippen LogP contribution in [0.4, 0.5) is 4.79 Å². The van der Waals surface area contributed by atoms with E-state index in [4.69, 9.17) is 4.74 Å². The molecule has 0 aromatic heterocycles. The van der Waals surface area contributed by atoms with Gasteiger partial charge in [0.25, 0.3) is 0 Å². The average Bonchev–Trinajstić information content (AvgIpc) is 3.41. The van der Waals surface area contributed by atoms with E-state index in [-0.39, 0.29) is 42.9 Å². The van der Waals surface area contributed by atoms with Crippen molar-refractivity contribution in [3.05, 3.63) is 59.7 Å². The number of amides is 2. The molecule has 0 radical (unpaired) electrons. The lowest BCUT2D eigenvalue weighted by Crippen LogP contribution is -2.41. The average molecular weight is 477 g/mol. The highest BCUT2D eigenvalue weighted by Crippen LogP contribution is 2.44. The Labute approximate surface area is 205 Å². The Morgan fingerprint density at radius 1 is 0.943 bits per heavy atom. The molecule has 5 rings (SSSR count). The number of nitrogens with one attached hydrogen (secondary N) is 2. The summed E-state index contributed by atoms with van der Waals surface area (Å²) in [7, 11) is 0. The first-order valence-corrected chi connectivity index (χ1v) is 12.6. The Hall–Kier alpha value is -3.35. The van der Waals surface area contributed by atoms with E-state index in [1.165, 1.54) is 22.3 Å². The van der Waals surface area contributed by atoms with Crippen molar-refractivity contribution in [2.24, 2.45) is 17.8 Å². The number of alkyl carbamates (subject to hydrolysis) is 1. The van der Waals surface area contributed by atoms with E-state index in [9.17, 15) is 19.5 Å². The number of rotatable bonds is 8. The van der Waals surface area contributed by atoms with Gasteiger partial charge in [0.05, 0.1) is 5.92 Å². The lowest BCUT2D eigenvalue weighted by molar-refractivity contribution is -0.145. The van der Waals surface area contributed by atoms with E-state index < -0.39 is 18.0 Å². The Kier molecular flexibility index (Phi) is 6.75. The summed E-state index contributed by atoms with van der Waals surface area (Å²) in [5.41, 5.74) is 4.70. The van der Waals surface area contributed by atoms with Gasteiger partial charge in [-0.2, -0.15) is 0 Å². The van der Waals surface area contributed by atoms with Crippen LogP contribution in [0.5, 0.6) is 0 Å². The van der Waals surface area contributed by atoms with E-state index in [1.54, 1.807) is 0 Å². The summed E-state index contributed by atoms with van der Waals surface area (Å²) in [6, 6.07) is 16.3. The molecule has 2 aromatic carbocycles. The van der Waals surface area contributed by atoms with Crippen molar-refractivity contribution < 1.29 is 24.2 Å². The number of carbonyl (C=O) groups is 3. The third-order valence-corrected chi connectivity index (χ3v) is 8.00. The second kappa shape index (κ2) is 10.1. The second-order valence-electron chi connectivity index (χ2n) is 10.1. The lowest BCUT2D eigenvalue weighted by atomic mass is 9.76. The number of carboxylic acids is 1. The predicted molar refractivity (Wildman–Crippen MR) is 131 cm³/mol. The maximum atomic E-state index is 12.6. The zero-order valence-electron chi connectivity index (χ0n) is 19.7. The molecule has 3 atom stereocenters. The fourth-order valence-electron chi connectivity index (χ4n) is 5.81. The highest BCUT2D eigenvalue weighted by Gasteiger charge is 2.35. The molecular weight excluding hydrogens is 444 g/mol. The summed E-state index contributed by atoms with van der Waals surface area (Å²) in [4.78, 5) is 36.7. The van der Waals surface area contributed by atoms with Crippen LogP contribution in [0.15, 0.2) is 48.5 Å². The van der Waals surface area contributed by atoms with Crippen LogP contribution in [0, 0.1) is 17.8 Å². The smallest absolute Gasteiger partial charge is 0.407 e. The minimum absolute atomic E-state index is 0.00750. The van der Waals surface area contributed by atoms with Crippen molar-refractivity contribution in [2.45, 2.75) is 50.5 Å². The maximum absolute atomic E-state index is 12.6. The first-order chi connectivity index (χ1) is 17.0. The molecule has 0 bridgehead atoms. The normalized spacial score (nSPS) is 21.9. The van der Waals surface area contributed by atoms with Crippen molar-refractivity contribution in [1.29, 1.82) is 0 Å². The standard InChI is InChI=1S/C28H32N2O5/c31-26(29-15-24(27(32)33)17-6-5-7-17)18-12-13-19(14-18)30-28(34)35-16-25-22-10-3-1-8-20(22)21-9-2-4-11-23(21)25/h1-4,8-11,17-19,24-25H,5-7,12-16H2,(H,29,31)(H,30,34)(H,32,33)/t18-,19+,24?/m1/s1. The van der Waals surface area contributed by atoms with Crippen molar-refractivity contribution in [3.63, 3.8) is 0 Å². The fourth-order valence-corrected chi connectivity index (χ4v) is 5.81. The van der Waals surface area contributed by atoms with Gasteiger partial charge < -0.3 is 20.5 Å². The quantitative estimate of drug-likeness (QED) is 0.527.